The lowest BCUT2D eigenvalue weighted by molar-refractivity contribution is -0.116. The smallest absolute Gasteiger partial charge is 0.237 e. The summed E-state index contributed by atoms with van der Waals surface area (Å²) in [5.41, 5.74) is 4.54. The van der Waals surface area contributed by atoms with Crippen LogP contribution in [0, 0.1) is 6.92 Å². The summed E-state index contributed by atoms with van der Waals surface area (Å²) in [6.45, 7) is 7.16. The first-order chi connectivity index (χ1) is 14.1. The maximum atomic E-state index is 13.0. The van der Waals surface area contributed by atoms with Gasteiger partial charge in [-0.1, -0.05) is 60.6 Å². The second-order valence-corrected chi connectivity index (χ2v) is 8.50. The average Bonchev–Trinajstić information content (AvgIpc) is 3.26. The molecule has 0 fully saturated rings. The van der Waals surface area contributed by atoms with Crippen LogP contribution in [-0.4, -0.2) is 32.5 Å². The van der Waals surface area contributed by atoms with Crippen molar-refractivity contribution in [2.75, 3.05) is 10.7 Å². The average molecular weight is 407 g/mol. The summed E-state index contributed by atoms with van der Waals surface area (Å²) in [7, 11) is 0. The van der Waals surface area contributed by atoms with Gasteiger partial charge in [0.1, 0.15) is 0 Å². The van der Waals surface area contributed by atoms with Gasteiger partial charge in [-0.2, -0.15) is 0 Å². The van der Waals surface area contributed by atoms with Crippen LogP contribution in [0.5, 0.6) is 0 Å². The third-order valence-corrected chi connectivity index (χ3v) is 6.19. The minimum atomic E-state index is 0.121. The second kappa shape index (κ2) is 8.41. The Kier molecular flexibility index (Phi) is 5.72. The van der Waals surface area contributed by atoms with Gasteiger partial charge in [-0.25, -0.2) is 0 Å². The fourth-order valence-corrected chi connectivity index (χ4v) is 4.78. The molecule has 6 heteroatoms. The number of benzene rings is 2. The van der Waals surface area contributed by atoms with Gasteiger partial charge in [-0.15, -0.1) is 10.2 Å². The Bertz CT molecular complexity index is 1030. The highest BCUT2D eigenvalue weighted by Gasteiger charge is 2.30. The number of carbonyl (C=O) groups excluding carboxylic acids is 1. The molecule has 1 amide bonds. The molecule has 2 aromatic carbocycles. The van der Waals surface area contributed by atoms with Crippen LogP contribution in [0.3, 0.4) is 0 Å². The molecule has 0 radical (unpaired) electrons. The molecular weight excluding hydrogens is 380 g/mol. The van der Waals surface area contributed by atoms with Crippen LogP contribution in [0.15, 0.2) is 53.7 Å². The van der Waals surface area contributed by atoms with Gasteiger partial charge in [0, 0.05) is 23.8 Å². The highest BCUT2D eigenvalue weighted by Crippen LogP contribution is 2.33. The van der Waals surface area contributed by atoms with Crippen LogP contribution >= 0.6 is 11.8 Å². The van der Waals surface area contributed by atoms with Crippen molar-refractivity contribution in [3.63, 3.8) is 0 Å². The van der Waals surface area contributed by atoms with E-state index in [9.17, 15) is 4.79 Å². The highest BCUT2D eigenvalue weighted by molar-refractivity contribution is 7.99. The fourth-order valence-electron chi connectivity index (χ4n) is 3.96. The lowest BCUT2D eigenvalue weighted by Crippen LogP contribution is -2.37. The third-order valence-electron chi connectivity index (χ3n) is 5.24. The SMILES string of the molecule is CCCn1c(SCC(=O)N2c3ccccc3CC2C)nnc1-c1cccc(C)c1. The van der Waals surface area contributed by atoms with Gasteiger partial charge >= 0.3 is 0 Å². The van der Waals surface area contributed by atoms with Crippen molar-refractivity contribution in [2.24, 2.45) is 0 Å². The first-order valence-corrected chi connectivity index (χ1v) is 11.1. The number of rotatable bonds is 6. The number of nitrogens with zero attached hydrogens (tertiary/aromatic N) is 4. The number of anilines is 1. The Morgan fingerprint density at radius 2 is 2.00 bits per heavy atom. The van der Waals surface area contributed by atoms with Gasteiger partial charge in [-0.3, -0.25) is 4.79 Å². The van der Waals surface area contributed by atoms with E-state index in [1.165, 1.54) is 22.9 Å². The number of hydrogen-bond acceptors (Lipinski definition) is 4. The summed E-state index contributed by atoms with van der Waals surface area (Å²) in [5, 5.41) is 9.65. The molecule has 4 rings (SSSR count). The summed E-state index contributed by atoms with van der Waals surface area (Å²) in [5.74, 6) is 1.34. The molecule has 1 aliphatic rings. The molecule has 0 spiro atoms. The quantitative estimate of drug-likeness (QED) is 0.555. The van der Waals surface area contributed by atoms with Crippen LogP contribution < -0.4 is 4.90 Å². The van der Waals surface area contributed by atoms with E-state index in [0.29, 0.717) is 5.75 Å². The zero-order valence-electron chi connectivity index (χ0n) is 17.1. The molecule has 3 aromatic rings. The Morgan fingerprint density at radius 3 is 2.79 bits per heavy atom. The van der Waals surface area contributed by atoms with Crippen molar-refractivity contribution in [2.45, 2.75) is 51.4 Å². The predicted molar refractivity (Wildman–Crippen MR) is 118 cm³/mol. The topological polar surface area (TPSA) is 51.0 Å². The molecular formula is C23H26N4OS. The van der Waals surface area contributed by atoms with Crippen molar-refractivity contribution < 1.29 is 4.79 Å². The van der Waals surface area contributed by atoms with Crippen LogP contribution in [0.2, 0.25) is 0 Å². The monoisotopic (exact) mass is 406 g/mol. The van der Waals surface area contributed by atoms with E-state index in [4.69, 9.17) is 0 Å². The Hall–Kier alpha value is -2.60. The van der Waals surface area contributed by atoms with Gasteiger partial charge in [0.15, 0.2) is 11.0 Å². The van der Waals surface area contributed by atoms with E-state index in [1.54, 1.807) is 0 Å². The molecule has 1 aromatic heterocycles. The van der Waals surface area contributed by atoms with Crippen LogP contribution in [0.1, 0.15) is 31.4 Å². The molecule has 0 saturated heterocycles. The standard InChI is InChI=1S/C23H26N4OS/c1-4-12-26-22(19-10-7-8-16(2)13-19)24-25-23(26)29-15-21(28)27-17(3)14-18-9-5-6-11-20(18)27/h5-11,13,17H,4,12,14-15H2,1-3H3. The summed E-state index contributed by atoms with van der Waals surface area (Å²) >= 11 is 1.48. The normalized spacial score (nSPS) is 15.6. The van der Waals surface area contributed by atoms with Gasteiger partial charge in [-0.05, 0) is 44.4 Å². The number of aromatic nitrogens is 3. The molecule has 0 saturated carbocycles. The van der Waals surface area contributed by atoms with E-state index < -0.39 is 0 Å². The molecule has 0 bridgehead atoms. The molecule has 0 N–H and O–H groups in total. The lowest BCUT2D eigenvalue weighted by atomic mass is 10.1. The summed E-state index contributed by atoms with van der Waals surface area (Å²) in [6, 6.07) is 16.7. The van der Waals surface area contributed by atoms with E-state index in [2.05, 4.69) is 59.8 Å². The molecule has 2 heterocycles. The van der Waals surface area contributed by atoms with Gasteiger partial charge in [0.25, 0.3) is 0 Å². The summed E-state index contributed by atoms with van der Waals surface area (Å²) < 4.78 is 2.13. The van der Waals surface area contributed by atoms with Crippen molar-refractivity contribution in [1.82, 2.24) is 14.8 Å². The van der Waals surface area contributed by atoms with Gasteiger partial charge < -0.3 is 9.47 Å². The number of fused-ring (bicyclic) bond motifs is 1. The molecule has 150 valence electrons. The number of para-hydroxylation sites is 1. The van der Waals surface area contributed by atoms with E-state index in [1.807, 2.05) is 29.2 Å². The maximum Gasteiger partial charge on any atom is 0.237 e. The highest BCUT2D eigenvalue weighted by atomic mass is 32.2. The Labute approximate surface area is 176 Å². The van der Waals surface area contributed by atoms with Gasteiger partial charge in [0.05, 0.1) is 5.75 Å². The van der Waals surface area contributed by atoms with Crippen LogP contribution in [0.4, 0.5) is 5.69 Å². The fraction of sp³-hybridized carbons (Fsp3) is 0.348. The number of amides is 1. The molecule has 5 nitrogen and oxygen atoms in total. The molecule has 1 aliphatic heterocycles. The largest absolute Gasteiger partial charge is 0.308 e. The van der Waals surface area contributed by atoms with Crippen molar-refractivity contribution in [3.8, 4) is 11.4 Å². The van der Waals surface area contributed by atoms with Gasteiger partial charge in [0.2, 0.25) is 5.91 Å². The number of hydrogen-bond donors (Lipinski definition) is 0. The molecule has 29 heavy (non-hydrogen) atoms. The van der Waals surface area contributed by atoms with E-state index in [-0.39, 0.29) is 11.9 Å². The first-order valence-electron chi connectivity index (χ1n) is 10.1. The molecule has 1 atom stereocenters. The minimum Gasteiger partial charge on any atom is -0.308 e. The van der Waals surface area contributed by atoms with Crippen LogP contribution in [0.25, 0.3) is 11.4 Å². The zero-order chi connectivity index (χ0) is 20.4. The van der Waals surface area contributed by atoms with E-state index in [0.717, 1.165) is 41.6 Å². The zero-order valence-corrected chi connectivity index (χ0v) is 17.9. The summed E-state index contributed by atoms with van der Waals surface area (Å²) in [6.07, 6.45) is 1.89. The number of aryl methyl sites for hydroxylation is 1. The van der Waals surface area contributed by atoms with Crippen molar-refractivity contribution in [1.29, 1.82) is 0 Å². The second-order valence-electron chi connectivity index (χ2n) is 7.56. The number of carbonyl (C=O) groups is 1. The summed E-state index contributed by atoms with van der Waals surface area (Å²) in [4.78, 5) is 15.0. The Balaban J connectivity index is 1.54. The first kappa shape index (κ1) is 19.7. The molecule has 0 aliphatic carbocycles. The minimum absolute atomic E-state index is 0.121. The lowest BCUT2D eigenvalue weighted by Gasteiger charge is -2.22. The molecule has 1 unspecified atom stereocenters. The van der Waals surface area contributed by atoms with Crippen molar-refractivity contribution in [3.05, 3.63) is 59.7 Å². The Morgan fingerprint density at radius 1 is 1.17 bits per heavy atom. The van der Waals surface area contributed by atoms with Crippen LogP contribution in [-0.2, 0) is 17.8 Å². The maximum absolute atomic E-state index is 13.0. The van der Waals surface area contributed by atoms with Crippen molar-refractivity contribution >= 4 is 23.4 Å². The predicted octanol–water partition coefficient (Wildman–Crippen LogP) is 4.73. The third kappa shape index (κ3) is 3.94. The van der Waals surface area contributed by atoms with E-state index >= 15 is 0 Å². The number of thioether (sulfide) groups is 1.